The molecule has 0 fully saturated rings. The molecule has 2 atom stereocenters. The number of hydrogen-bond donors (Lipinski definition) is 2. The first kappa shape index (κ1) is 10.3. The maximum Gasteiger partial charge on any atom is 0.309 e. The zero-order chi connectivity index (χ0) is 10.1. The average Bonchev–Trinajstić information content (AvgIpc) is 2.32. The minimum Gasteiger partial charge on any atom is -0.481 e. The van der Waals surface area contributed by atoms with Crippen LogP contribution in [0.3, 0.4) is 0 Å². The van der Waals surface area contributed by atoms with Crippen LogP contribution in [0.2, 0.25) is 0 Å². The summed E-state index contributed by atoms with van der Waals surface area (Å²) in [6, 6.07) is 0. The van der Waals surface area contributed by atoms with Crippen LogP contribution in [0.15, 0.2) is 11.6 Å². The van der Waals surface area contributed by atoms with E-state index in [1.54, 1.807) is 13.0 Å². The van der Waals surface area contributed by atoms with Crippen molar-refractivity contribution in [2.75, 3.05) is 0 Å². The standard InChI is InChI=1S/C10H16O3/c1-3-8(9(11)12)10(13)5-4-7(2)6-10/h6,8,13H,3-5H2,1-2H3,(H,11,12). The highest BCUT2D eigenvalue weighted by molar-refractivity contribution is 5.72. The largest absolute Gasteiger partial charge is 0.481 e. The maximum absolute atomic E-state index is 10.8. The summed E-state index contributed by atoms with van der Waals surface area (Å²) in [7, 11) is 0. The Morgan fingerprint density at radius 3 is 2.69 bits per heavy atom. The fraction of sp³-hybridized carbons (Fsp3) is 0.700. The number of rotatable bonds is 3. The van der Waals surface area contributed by atoms with Gasteiger partial charge in [-0.05, 0) is 26.2 Å². The molecule has 0 bridgehead atoms. The lowest BCUT2D eigenvalue weighted by Gasteiger charge is -2.26. The number of allylic oxidation sites excluding steroid dienone is 1. The van der Waals surface area contributed by atoms with E-state index in [0.29, 0.717) is 12.8 Å². The Balaban J connectivity index is 2.85. The van der Waals surface area contributed by atoms with Crippen LogP contribution in [0.5, 0.6) is 0 Å². The number of carboxylic acid groups (broad SMARTS) is 1. The van der Waals surface area contributed by atoms with Crippen molar-refractivity contribution >= 4 is 5.97 Å². The molecule has 0 heterocycles. The van der Waals surface area contributed by atoms with Crippen molar-refractivity contribution in [1.82, 2.24) is 0 Å². The topological polar surface area (TPSA) is 57.5 Å². The highest BCUT2D eigenvalue weighted by atomic mass is 16.4. The van der Waals surface area contributed by atoms with Crippen molar-refractivity contribution in [3.05, 3.63) is 11.6 Å². The Labute approximate surface area is 78.1 Å². The molecular weight excluding hydrogens is 168 g/mol. The van der Waals surface area contributed by atoms with Crippen LogP contribution in [-0.2, 0) is 4.79 Å². The monoisotopic (exact) mass is 184 g/mol. The Kier molecular flexibility index (Phi) is 2.76. The number of carbonyl (C=O) groups is 1. The van der Waals surface area contributed by atoms with E-state index in [1.807, 2.05) is 6.92 Å². The van der Waals surface area contributed by atoms with Crippen molar-refractivity contribution in [2.24, 2.45) is 5.92 Å². The van der Waals surface area contributed by atoms with E-state index in [9.17, 15) is 9.90 Å². The molecule has 0 radical (unpaired) electrons. The van der Waals surface area contributed by atoms with Crippen LogP contribution >= 0.6 is 0 Å². The second-order valence-electron chi connectivity index (χ2n) is 3.78. The molecule has 2 unspecified atom stereocenters. The number of aliphatic hydroxyl groups is 1. The summed E-state index contributed by atoms with van der Waals surface area (Å²) >= 11 is 0. The molecule has 0 aromatic rings. The average molecular weight is 184 g/mol. The van der Waals surface area contributed by atoms with Gasteiger partial charge in [-0.25, -0.2) is 0 Å². The molecule has 3 nitrogen and oxygen atoms in total. The van der Waals surface area contributed by atoms with E-state index < -0.39 is 17.5 Å². The van der Waals surface area contributed by atoms with Gasteiger partial charge in [0, 0.05) is 0 Å². The van der Waals surface area contributed by atoms with Gasteiger partial charge < -0.3 is 10.2 Å². The van der Waals surface area contributed by atoms with E-state index in [1.165, 1.54) is 0 Å². The van der Waals surface area contributed by atoms with Crippen molar-refractivity contribution in [1.29, 1.82) is 0 Å². The Bertz CT molecular complexity index is 245. The fourth-order valence-corrected chi connectivity index (χ4v) is 1.99. The molecule has 1 rings (SSSR count). The fourth-order valence-electron chi connectivity index (χ4n) is 1.99. The SMILES string of the molecule is CCC(C(=O)O)C1(O)C=C(C)CC1. The van der Waals surface area contributed by atoms with Gasteiger partial charge in [0.25, 0.3) is 0 Å². The van der Waals surface area contributed by atoms with Gasteiger partial charge in [-0.3, -0.25) is 4.79 Å². The minimum absolute atomic E-state index is 0.468. The normalized spacial score (nSPS) is 29.9. The van der Waals surface area contributed by atoms with E-state index in [4.69, 9.17) is 5.11 Å². The van der Waals surface area contributed by atoms with Crippen LogP contribution in [0.1, 0.15) is 33.1 Å². The van der Waals surface area contributed by atoms with Crippen molar-refractivity contribution < 1.29 is 15.0 Å². The van der Waals surface area contributed by atoms with Crippen molar-refractivity contribution in [3.63, 3.8) is 0 Å². The predicted octanol–water partition coefficient (Wildman–Crippen LogP) is 1.57. The molecule has 13 heavy (non-hydrogen) atoms. The summed E-state index contributed by atoms with van der Waals surface area (Å²) in [6.45, 7) is 3.71. The van der Waals surface area contributed by atoms with Gasteiger partial charge in [-0.2, -0.15) is 0 Å². The highest BCUT2D eigenvalue weighted by Crippen LogP contribution is 2.35. The van der Waals surface area contributed by atoms with Crippen LogP contribution in [0, 0.1) is 5.92 Å². The molecule has 0 saturated heterocycles. The zero-order valence-electron chi connectivity index (χ0n) is 8.08. The second-order valence-corrected chi connectivity index (χ2v) is 3.78. The molecule has 0 amide bonds. The Hall–Kier alpha value is -0.830. The first-order valence-corrected chi connectivity index (χ1v) is 4.63. The summed E-state index contributed by atoms with van der Waals surface area (Å²) in [6.07, 6.45) is 3.52. The summed E-state index contributed by atoms with van der Waals surface area (Å²) in [5.74, 6) is -1.57. The lowest BCUT2D eigenvalue weighted by Crippen LogP contribution is -2.38. The molecule has 1 aliphatic rings. The molecule has 0 aromatic heterocycles. The van der Waals surface area contributed by atoms with Crippen molar-refractivity contribution in [2.45, 2.75) is 38.7 Å². The summed E-state index contributed by atoms with van der Waals surface area (Å²) < 4.78 is 0. The van der Waals surface area contributed by atoms with Gasteiger partial charge in [0.05, 0.1) is 11.5 Å². The van der Waals surface area contributed by atoms with Crippen molar-refractivity contribution in [3.8, 4) is 0 Å². The van der Waals surface area contributed by atoms with E-state index in [0.717, 1.165) is 12.0 Å². The predicted molar refractivity (Wildman–Crippen MR) is 49.4 cm³/mol. The quantitative estimate of drug-likeness (QED) is 0.654. The molecular formula is C10H16O3. The maximum atomic E-state index is 10.8. The van der Waals surface area contributed by atoms with Gasteiger partial charge in [0.2, 0.25) is 0 Å². The van der Waals surface area contributed by atoms with E-state index >= 15 is 0 Å². The molecule has 2 N–H and O–H groups in total. The molecule has 0 aliphatic heterocycles. The third-order valence-electron chi connectivity index (χ3n) is 2.73. The van der Waals surface area contributed by atoms with Gasteiger partial charge in [0.15, 0.2) is 0 Å². The lowest BCUT2D eigenvalue weighted by molar-refractivity contribution is -0.149. The lowest BCUT2D eigenvalue weighted by atomic mass is 9.85. The molecule has 3 heteroatoms. The summed E-state index contributed by atoms with van der Waals surface area (Å²) in [4.78, 5) is 10.8. The number of carboxylic acids is 1. The smallest absolute Gasteiger partial charge is 0.309 e. The first-order chi connectivity index (χ1) is 5.99. The van der Waals surface area contributed by atoms with Crippen LogP contribution in [-0.4, -0.2) is 21.8 Å². The van der Waals surface area contributed by atoms with Gasteiger partial charge >= 0.3 is 5.97 Å². The van der Waals surface area contributed by atoms with Gasteiger partial charge in [0.1, 0.15) is 0 Å². The number of hydrogen-bond acceptors (Lipinski definition) is 2. The zero-order valence-corrected chi connectivity index (χ0v) is 8.08. The summed E-state index contributed by atoms with van der Waals surface area (Å²) in [5.41, 5.74) is -0.0211. The second kappa shape index (κ2) is 3.50. The molecule has 0 aromatic carbocycles. The van der Waals surface area contributed by atoms with Crippen LogP contribution in [0.25, 0.3) is 0 Å². The molecule has 0 saturated carbocycles. The minimum atomic E-state index is -1.11. The van der Waals surface area contributed by atoms with Crippen LogP contribution in [0.4, 0.5) is 0 Å². The van der Waals surface area contributed by atoms with Crippen LogP contribution < -0.4 is 0 Å². The van der Waals surface area contributed by atoms with E-state index in [-0.39, 0.29) is 0 Å². The molecule has 0 spiro atoms. The number of aliphatic carboxylic acids is 1. The van der Waals surface area contributed by atoms with Gasteiger partial charge in [-0.15, -0.1) is 0 Å². The summed E-state index contributed by atoms with van der Waals surface area (Å²) in [5, 5.41) is 18.9. The molecule has 74 valence electrons. The Morgan fingerprint density at radius 2 is 2.38 bits per heavy atom. The molecule has 1 aliphatic carbocycles. The first-order valence-electron chi connectivity index (χ1n) is 4.63. The van der Waals surface area contributed by atoms with Gasteiger partial charge in [-0.1, -0.05) is 18.6 Å². The highest BCUT2D eigenvalue weighted by Gasteiger charge is 2.40. The third kappa shape index (κ3) is 1.91. The van der Waals surface area contributed by atoms with E-state index in [2.05, 4.69) is 0 Å². The third-order valence-corrected chi connectivity index (χ3v) is 2.73. The Morgan fingerprint density at radius 1 is 1.77 bits per heavy atom.